The van der Waals surface area contributed by atoms with Crippen molar-refractivity contribution >= 4 is 11.8 Å². The molecule has 0 aromatic rings. The highest BCUT2D eigenvalue weighted by Crippen LogP contribution is 2.47. The Balaban J connectivity index is 1.70. The number of rotatable bonds is 1. The SMILES string of the molecule is OC1(C2CCOC3(CCSCC3)C2)CCCC1. The summed E-state index contributed by atoms with van der Waals surface area (Å²) in [7, 11) is 0. The minimum absolute atomic E-state index is 0.131. The Morgan fingerprint density at radius 3 is 2.47 bits per heavy atom. The molecule has 3 fully saturated rings. The minimum atomic E-state index is -0.346. The minimum Gasteiger partial charge on any atom is -0.390 e. The van der Waals surface area contributed by atoms with E-state index >= 15 is 0 Å². The van der Waals surface area contributed by atoms with Crippen LogP contribution in [0.3, 0.4) is 0 Å². The molecule has 1 N–H and O–H groups in total. The molecule has 3 aliphatic rings. The Morgan fingerprint density at radius 2 is 1.76 bits per heavy atom. The van der Waals surface area contributed by atoms with Crippen LogP contribution in [0.4, 0.5) is 0 Å². The lowest BCUT2D eigenvalue weighted by Gasteiger charge is -2.47. The van der Waals surface area contributed by atoms with Crippen LogP contribution in [0.25, 0.3) is 0 Å². The molecule has 1 aliphatic carbocycles. The standard InChI is InChI=1S/C14H24O2S/c15-14(4-1-2-5-14)12-3-8-16-13(11-12)6-9-17-10-7-13/h12,15H,1-11H2. The van der Waals surface area contributed by atoms with Gasteiger partial charge in [-0.05, 0) is 55.9 Å². The van der Waals surface area contributed by atoms with Crippen LogP contribution in [0.15, 0.2) is 0 Å². The molecule has 0 radical (unpaired) electrons. The van der Waals surface area contributed by atoms with E-state index in [4.69, 9.17) is 4.74 Å². The van der Waals surface area contributed by atoms with E-state index < -0.39 is 0 Å². The van der Waals surface area contributed by atoms with Crippen LogP contribution in [-0.2, 0) is 4.74 Å². The van der Waals surface area contributed by atoms with E-state index in [-0.39, 0.29) is 11.2 Å². The summed E-state index contributed by atoms with van der Waals surface area (Å²) in [5, 5.41) is 10.8. The largest absolute Gasteiger partial charge is 0.390 e. The summed E-state index contributed by atoms with van der Waals surface area (Å²) in [6, 6.07) is 0. The van der Waals surface area contributed by atoms with Gasteiger partial charge in [0.05, 0.1) is 11.2 Å². The maximum Gasteiger partial charge on any atom is 0.0702 e. The Labute approximate surface area is 108 Å². The number of aliphatic hydroxyl groups is 1. The second kappa shape index (κ2) is 4.75. The Hall–Kier alpha value is 0.270. The zero-order valence-corrected chi connectivity index (χ0v) is 11.4. The van der Waals surface area contributed by atoms with Gasteiger partial charge in [-0.3, -0.25) is 0 Å². The summed E-state index contributed by atoms with van der Waals surface area (Å²) in [6.45, 7) is 0.873. The van der Waals surface area contributed by atoms with Crippen LogP contribution in [-0.4, -0.2) is 34.4 Å². The lowest BCUT2D eigenvalue weighted by molar-refractivity contribution is -0.144. The third kappa shape index (κ3) is 2.39. The molecule has 0 amide bonds. The molecular weight excluding hydrogens is 232 g/mol. The molecule has 0 aromatic heterocycles. The van der Waals surface area contributed by atoms with E-state index in [1.54, 1.807) is 0 Å². The van der Waals surface area contributed by atoms with E-state index in [9.17, 15) is 5.11 Å². The number of hydrogen-bond acceptors (Lipinski definition) is 3. The average Bonchev–Trinajstić information content (AvgIpc) is 2.79. The third-order valence-corrected chi connectivity index (χ3v) is 6.11. The maximum absolute atomic E-state index is 10.8. The molecular formula is C14H24O2S. The number of thioether (sulfide) groups is 1. The Bertz CT molecular complexity index is 262. The average molecular weight is 256 g/mol. The predicted octanol–water partition coefficient (Wildman–Crippen LogP) is 2.98. The number of hydrogen-bond donors (Lipinski definition) is 1. The Kier molecular flexibility index (Phi) is 3.44. The highest BCUT2D eigenvalue weighted by Gasteiger charge is 2.47. The lowest BCUT2D eigenvalue weighted by atomic mass is 9.73. The summed E-state index contributed by atoms with van der Waals surface area (Å²) in [5.41, 5.74) is -0.214. The van der Waals surface area contributed by atoms with Crippen molar-refractivity contribution in [1.29, 1.82) is 0 Å². The maximum atomic E-state index is 10.8. The predicted molar refractivity (Wildman–Crippen MR) is 71.4 cm³/mol. The van der Waals surface area contributed by atoms with Gasteiger partial charge in [-0.1, -0.05) is 12.8 Å². The smallest absolute Gasteiger partial charge is 0.0702 e. The van der Waals surface area contributed by atoms with E-state index in [2.05, 4.69) is 11.8 Å². The van der Waals surface area contributed by atoms with Crippen LogP contribution in [0.1, 0.15) is 51.4 Å². The van der Waals surface area contributed by atoms with Gasteiger partial charge in [-0.2, -0.15) is 11.8 Å². The summed E-state index contributed by atoms with van der Waals surface area (Å²) < 4.78 is 6.12. The summed E-state index contributed by atoms with van der Waals surface area (Å²) >= 11 is 2.05. The van der Waals surface area contributed by atoms with E-state index in [0.717, 1.165) is 32.3 Å². The first-order chi connectivity index (χ1) is 8.23. The molecule has 2 nitrogen and oxygen atoms in total. The van der Waals surface area contributed by atoms with Gasteiger partial charge < -0.3 is 9.84 Å². The molecule has 1 unspecified atom stereocenters. The van der Waals surface area contributed by atoms with Gasteiger partial charge in [0.15, 0.2) is 0 Å². The second-order valence-corrected chi connectivity index (χ2v) is 7.37. The van der Waals surface area contributed by atoms with Crippen molar-refractivity contribution in [1.82, 2.24) is 0 Å². The van der Waals surface area contributed by atoms with Crippen LogP contribution >= 0.6 is 11.8 Å². The first-order valence-corrected chi connectivity index (χ1v) is 8.32. The quantitative estimate of drug-likeness (QED) is 0.782. The van der Waals surface area contributed by atoms with E-state index in [0.29, 0.717) is 5.92 Å². The van der Waals surface area contributed by atoms with Crippen LogP contribution in [0, 0.1) is 5.92 Å². The van der Waals surface area contributed by atoms with E-state index in [1.165, 1.54) is 37.2 Å². The molecule has 2 saturated heterocycles. The summed E-state index contributed by atoms with van der Waals surface area (Å²) in [4.78, 5) is 0. The van der Waals surface area contributed by atoms with Crippen molar-refractivity contribution < 1.29 is 9.84 Å². The van der Waals surface area contributed by atoms with Crippen molar-refractivity contribution in [2.45, 2.75) is 62.6 Å². The van der Waals surface area contributed by atoms with Crippen molar-refractivity contribution in [3.63, 3.8) is 0 Å². The monoisotopic (exact) mass is 256 g/mol. The number of ether oxygens (including phenoxy) is 1. The highest BCUT2D eigenvalue weighted by atomic mass is 32.2. The van der Waals surface area contributed by atoms with Gasteiger partial charge in [0, 0.05) is 6.61 Å². The fraction of sp³-hybridized carbons (Fsp3) is 1.00. The molecule has 3 heteroatoms. The summed E-state index contributed by atoms with van der Waals surface area (Å²) in [6.07, 6.45) is 9.09. The van der Waals surface area contributed by atoms with Crippen LogP contribution in [0.5, 0.6) is 0 Å². The zero-order valence-electron chi connectivity index (χ0n) is 10.6. The molecule has 1 saturated carbocycles. The third-order valence-electron chi connectivity index (χ3n) is 5.13. The van der Waals surface area contributed by atoms with Crippen molar-refractivity contribution in [2.24, 2.45) is 5.92 Å². The highest BCUT2D eigenvalue weighted by molar-refractivity contribution is 7.99. The zero-order chi connectivity index (χ0) is 11.8. The fourth-order valence-electron chi connectivity index (χ4n) is 3.97. The first-order valence-electron chi connectivity index (χ1n) is 7.17. The van der Waals surface area contributed by atoms with Gasteiger partial charge in [-0.25, -0.2) is 0 Å². The molecule has 17 heavy (non-hydrogen) atoms. The molecule has 0 bridgehead atoms. The normalized spacial score (nSPS) is 36.2. The topological polar surface area (TPSA) is 29.5 Å². The molecule has 1 spiro atoms. The Morgan fingerprint density at radius 1 is 1.06 bits per heavy atom. The molecule has 1 atom stereocenters. The van der Waals surface area contributed by atoms with Crippen LogP contribution < -0.4 is 0 Å². The molecule has 2 aliphatic heterocycles. The van der Waals surface area contributed by atoms with E-state index in [1.807, 2.05) is 0 Å². The first kappa shape index (κ1) is 12.3. The second-order valence-electron chi connectivity index (χ2n) is 6.14. The lowest BCUT2D eigenvalue weighted by Crippen LogP contribution is -2.49. The molecule has 98 valence electrons. The molecule has 3 rings (SSSR count). The van der Waals surface area contributed by atoms with Gasteiger partial charge in [0.1, 0.15) is 0 Å². The summed E-state index contributed by atoms with van der Waals surface area (Å²) in [5.74, 6) is 2.98. The van der Waals surface area contributed by atoms with Crippen molar-refractivity contribution in [3.8, 4) is 0 Å². The van der Waals surface area contributed by atoms with Gasteiger partial charge >= 0.3 is 0 Å². The van der Waals surface area contributed by atoms with Crippen molar-refractivity contribution in [3.05, 3.63) is 0 Å². The van der Waals surface area contributed by atoms with Crippen molar-refractivity contribution in [2.75, 3.05) is 18.1 Å². The van der Waals surface area contributed by atoms with Gasteiger partial charge in [-0.15, -0.1) is 0 Å². The van der Waals surface area contributed by atoms with Gasteiger partial charge in [0.2, 0.25) is 0 Å². The van der Waals surface area contributed by atoms with Crippen LogP contribution in [0.2, 0.25) is 0 Å². The molecule has 2 heterocycles. The fourth-order valence-corrected chi connectivity index (χ4v) is 5.21. The van der Waals surface area contributed by atoms with Gasteiger partial charge in [0.25, 0.3) is 0 Å². The molecule has 0 aromatic carbocycles.